The van der Waals surface area contributed by atoms with Crippen molar-refractivity contribution in [3.63, 3.8) is 0 Å². The van der Waals surface area contributed by atoms with Crippen LogP contribution in [0.15, 0.2) is 48.5 Å². The summed E-state index contributed by atoms with van der Waals surface area (Å²) in [6, 6.07) is 11.8. The normalized spacial score (nSPS) is 17.5. The van der Waals surface area contributed by atoms with Crippen molar-refractivity contribution in [3.05, 3.63) is 54.1 Å². The molecule has 4 N–H and O–H groups in total. The Morgan fingerprint density at radius 1 is 0.970 bits per heavy atom. The minimum Gasteiger partial charge on any atom is -0.372 e. The predicted octanol–water partition coefficient (Wildman–Crippen LogP) is 2.53. The maximum Gasteiger partial charge on any atom is 0.455 e. The number of anilines is 1. The minimum atomic E-state index is -5.94. The lowest BCUT2D eigenvalue weighted by Crippen LogP contribution is -2.58. The van der Waals surface area contributed by atoms with E-state index in [0.29, 0.717) is 29.3 Å². The van der Waals surface area contributed by atoms with E-state index in [4.69, 9.17) is 0 Å². The molecule has 12 heteroatoms. The van der Waals surface area contributed by atoms with Gasteiger partial charge in [-0.25, -0.2) is 0 Å². The molecule has 0 fully saturated rings. The third-order valence-corrected chi connectivity index (χ3v) is 5.05. The number of para-hydroxylation sites is 1. The molecule has 33 heavy (non-hydrogen) atoms. The van der Waals surface area contributed by atoms with E-state index >= 15 is 0 Å². The van der Waals surface area contributed by atoms with Crippen LogP contribution in [0, 0.1) is 0 Å². The van der Waals surface area contributed by atoms with Gasteiger partial charge >= 0.3 is 12.1 Å². The van der Waals surface area contributed by atoms with Crippen molar-refractivity contribution in [2.24, 2.45) is 0 Å². The quantitative estimate of drug-likeness (QED) is 0.397. The molecular weight excluding hydrogens is 453 g/mol. The summed E-state index contributed by atoms with van der Waals surface area (Å²) in [7, 11) is 0. The Labute approximate surface area is 184 Å². The Morgan fingerprint density at radius 3 is 2.18 bits per heavy atom. The highest BCUT2D eigenvalue weighted by Crippen LogP contribution is 2.37. The van der Waals surface area contributed by atoms with Gasteiger partial charge in [0.25, 0.3) is 17.7 Å². The molecule has 2 aromatic carbocycles. The van der Waals surface area contributed by atoms with E-state index in [2.05, 4.69) is 10.6 Å². The highest BCUT2D eigenvalue weighted by atomic mass is 19.4. The molecule has 0 saturated carbocycles. The van der Waals surface area contributed by atoms with Crippen LogP contribution in [0.3, 0.4) is 0 Å². The topological polar surface area (TPSA) is 108 Å². The molecule has 1 aliphatic heterocycles. The molecule has 0 radical (unpaired) electrons. The zero-order valence-corrected chi connectivity index (χ0v) is 17.0. The number of amides is 3. The van der Waals surface area contributed by atoms with Crippen LogP contribution in [0.2, 0.25) is 0 Å². The first-order valence-electron chi connectivity index (χ1n) is 9.51. The van der Waals surface area contributed by atoms with E-state index in [1.54, 1.807) is 42.5 Å². The monoisotopic (exact) mass is 471 g/mol. The Morgan fingerprint density at radius 2 is 1.55 bits per heavy atom. The molecule has 0 aliphatic carbocycles. The molecule has 0 spiro atoms. The number of rotatable bonds is 5. The van der Waals surface area contributed by atoms with Gasteiger partial charge in [0.1, 0.15) is 6.04 Å². The largest absolute Gasteiger partial charge is 0.455 e. The zero-order valence-electron chi connectivity index (χ0n) is 17.0. The van der Waals surface area contributed by atoms with E-state index in [1.807, 2.05) is 0 Å². The summed E-state index contributed by atoms with van der Waals surface area (Å²) in [6.07, 6.45) is -5.94. The number of carbonyl (C=O) groups is 3. The van der Waals surface area contributed by atoms with Crippen LogP contribution < -0.4 is 16.0 Å². The van der Waals surface area contributed by atoms with Gasteiger partial charge in [-0.15, -0.1) is 0 Å². The summed E-state index contributed by atoms with van der Waals surface area (Å²) >= 11 is 0. The molecule has 176 valence electrons. The van der Waals surface area contributed by atoms with Gasteiger partial charge in [-0.3, -0.25) is 14.4 Å². The fourth-order valence-corrected chi connectivity index (χ4v) is 3.15. The summed E-state index contributed by atoms with van der Waals surface area (Å²) in [5.74, 6) is -9.27. The van der Waals surface area contributed by atoms with Crippen LogP contribution in [-0.4, -0.2) is 47.1 Å². The molecular formula is C21H18F5N3O4. The number of fused-ring (bicyclic) bond motifs is 3. The molecule has 0 saturated heterocycles. The molecule has 0 unspecified atom stereocenters. The molecule has 1 aliphatic rings. The maximum absolute atomic E-state index is 13.1. The Kier molecular flexibility index (Phi) is 6.16. The van der Waals surface area contributed by atoms with Crippen molar-refractivity contribution in [3.8, 4) is 11.1 Å². The fourth-order valence-electron chi connectivity index (χ4n) is 3.15. The van der Waals surface area contributed by atoms with E-state index in [-0.39, 0.29) is 0 Å². The number of hydrogen-bond acceptors (Lipinski definition) is 4. The lowest BCUT2D eigenvalue weighted by atomic mass is 9.94. The Hall–Kier alpha value is -3.54. The van der Waals surface area contributed by atoms with Gasteiger partial charge < -0.3 is 21.1 Å². The third-order valence-electron chi connectivity index (χ3n) is 5.05. The van der Waals surface area contributed by atoms with Gasteiger partial charge in [-0.2, -0.15) is 22.0 Å². The van der Waals surface area contributed by atoms with E-state index in [0.717, 1.165) is 0 Å². The first-order valence-corrected chi connectivity index (χ1v) is 9.51. The van der Waals surface area contributed by atoms with Crippen molar-refractivity contribution in [1.29, 1.82) is 0 Å². The fraction of sp³-hybridized carbons (Fsp3) is 0.286. The summed E-state index contributed by atoms with van der Waals surface area (Å²) in [5.41, 5.74) is -1.11. The average Bonchev–Trinajstić information content (AvgIpc) is 2.86. The van der Waals surface area contributed by atoms with E-state index in [9.17, 15) is 41.4 Å². The molecule has 3 amide bonds. The highest BCUT2D eigenvalue weighted by Gasteiger charge is 2.58. The zero-order chi connectivity index (χ0) is 24.6. The Balaban J connectivity index is 1.83. The molecule has 7 nitrogen and oxygen atoms in total. The number of nitrogens with one attached hydrogen (secondary N) is 3. The molecule has 2 aromatic rings. The third kappa shape index (κ3) is 4.65. The second kappa shape index (κ2) is 8.43. The smallest absolute Gasteiger partial charge is 0.372 e. The van der Waals surface area contributed by atoms with Crippen LogP contribution in [0.5, 0.6) is 0 Å². The van der Waals surface area contributed by atoms with Gasteiger partial charge in [0, 0.05) is 11.3 Å². The van der Waals surface area contributed by atoms with Crippen molar-refractivity contribution >= 4 is 23.4 Å². The average molecular weight is 471 g/mol. The number of alkyl halides is 5. The van der Waals surface area contributed by atoms with Gasteiger partial charge in [-0.05, 0) is 24.1 Å². The van der Waals surface area contributed by atoms with Crippen LogP contribution in [0.1, 0.15) is 18.5 Å². The molecule has 1 heterocycles. The minimum absolute atomic E-state index is 0.313. The number of halogens is 5. The molecule has 3 rings (SSSR count). The second-order valence-corrected chi connectivity index (χ2v) is 7.49. The number of aliphatic hydroxyl groups is 1. The first kappa shape index (κ1) is 24.1. The lowest BCUT2D eigenvalue weighted by molar-refractivity contribution is -0.278. The summed E-state index contributed by atoms with van der Waals surface area (Å²) in [5, 5.41) is 16.3. The van der Waals surface area contributed by atoms with Crippen LogP contribution in [-0.2, 0) is 14.4 Å². The molecule has 0 bridgehead atoms. The summed E-state index contributed by atoms with van der Waals surface area (Å²) in [4.78, 5) is 37.5. The van der Waals surface area contributed by atoms with Crippen molar-refractivity contribution in [2.75, 3.05) is 11.9 Å². The van der Waals surface area contributed by atoms with E-state index in [1.165, 1.54) is 11.4 Å². The SMILES string of the molecule is C[C@@](O)(C(=O)NCC(F)(F)C(F)(F)F)C(=O)N[C@@H]1C(=O)Nc2ccccc2-c2ccccc21. The van der Waals surface area contributed by atoms with Crippen molar-refractivity contribution in [1.82, 2.24) is 10.6 Å². The van der Waals surface area contributed by atoms with Gasteiger partial charge in [-0.1, -0.05) is 42.5 Å². The van der Waals surface area contributed by atoms with Gasteiger partial charge in [0.05, 0.1) is 6.54 Å². The Bertz CT molecular complexity index is 1100. The van der Waals surface area contributed by atoms with Crippen LogP contribution in [0.4, 0.5) is 27.6 Å². The molecule has 0 aromatic heterocycles. The lowest BCUT2D eigenvalue weighted by Gasteiger charge is -2.26. The number of benzene rings is 2. The second-order valence-electron chi connectivity index (χ2n) is 7.49. The first-order chi connectivity index (χ1) is 15.3. The summed E-state index contributed by atoms with van der Waals surface area (Å²) < 4.78 is 63.0. The van der Waals surface area contributed by atoms with Crippen LogP contribution >= 0.6 is 0 Å². The van der Waals surface area contributed by atoms with E-state index < -0.39 is 48.0 Å². The van der Waals surface area contributed by atoms with Crippen molar-refractivity contribution < 1.29 is 41.4 Å². The standard InChI is InChI=1S/C21H18F5N3O4/c1-19(33,17(31)27-10-20(22,23)21(24,25)26)18(32)29-15-13-8-3-2-6-11(13)12-7-4-5-9-14(12)28-16(15)30/h2-9,15,33H,10H2,1H3,(H,27,31)(H,28,30)(H,29,32)/t15-,19+/m0/s1. The van der Waals surface area contributed by atoms with Gasteiger partial charge in [0.2, 0.25) is 5.60 Å². The van der Waals surface area contributed by atoms with Crippen LogP contribution in [0.25, 0.3) is 11.1 Å². The van der Waals surface area contributed by atoms with Crippen molar-refractivity contribution in [2.45, 2.75) is 30.7 Å². The molecule has 2 atom stereocenters. The maximum atomic E-state index is 13.1. The highest BCUT2D eigenvalue weighted by molar-refractivity contribution is 6.10. The predicted molar refractivity (Wildman–Crippen MR) is 106 cm³/mol. The summed E-state index contributed by atoms with van der Waals surface area (Å²) in [6.45, 7) is -1.57. The number of carbonyl (C=O) groups excluding carboxylic acids is 3. The number of hydrogen-bond donors (Lipinski definition) is 4. The van der Waals surface area contributed by atoms with Gasteiger partial charge in [0.15, 0.2) is 0 Å².